The van der Waals surface area contributed by atoms with E-state index in [1.165, 1.54) is 6.33 Å². The molecule has 4 atom stereocenters. The fraction of sp³-hybridized carbons (Fsp3) is 0.773. The van der Waals surface area contributed by atoms with E-state index in [9.17, 15) is 10.0 Å². The molecule has 1 fully saturated rings. The molecule has 11 nitrogen and oxygen atoms in total. The van der Waals surface area contributed by atoms with Crippen molar-refractivity contribution in [3.8, 4) is 0 Å². The molecular weight excluding hydrogens is 484 g/mol. The summed E-state index contributed by atoms with van der Waals surface area (Å²) < 4.78 is 21.4. The van der Waals surface area contributed by atoms with Gasteiger partial charge in [-0.1, -0.05) is 41.5 Å². The van der Waals surface area contributed by atoms with E-state index >= 15 is 0 Å². The van der Waals surface area contributed by atoms with Crippen molar-refractivity contribution in [3.05, 3.63) is 16.7 Å². The number of ether oxygens (including phenoxy) is 1. The van der Waals surface area contributed by atoms with Gasteiger partial charge in [0.2, 0.25) is 5.95 Å². The first kappa shape index (κ1) is 28.0. The summed E-state index contributed by atoms with van der Waals surface area (Å²) in [6.07, 6.45) is -0.301. The third-order valence-electron chi connectivity index (χ3n) is 7.88. The number of nitrogens with two attached hydrogens (primary N) is 1. The lowest BCUT2D eigenvalue weighted by Gasteiger charge is -2.40. The smallest absolute Gasteiger partial charge is 0.280 e. The van der Waals surface area contributed by atoms with Crippen LogP contribution in [0.25, 0.3) is 11.2 Å². The number of rotatable bonds is 7. The van der Waals surface area contributed by atoms with Crippen LogP contribution in [0.5, 0.6) is 0 Å². The normalized spacial score (nSPS) is 24.4. The second-order valence-corrected chi connectivity index (χ2v) is 22.0. The molecule has 3 heterocycles. The van der Waals surface area contributed by atoms with Crippen molar-refractivity contribution >= 4 is 33.7 Å². The summed E-state index contributed by atoms with van der Waals surface area (Å²) in [4.78, 5) is 23.4. The van der Waals surface area contributed by atoms with Crippen molar-refractivity contribution in [1.82, 2.24) is 25.0 Å². The number of nitrogen functional groups attached to an aromatic ring is 1. The standard InChI is InChI=1S/C22H42N6O5Si2/c1-21(2,3)34(7,8)31-11-13-14(27-30)16(33-35(9,10)22(4,5)6)19(32-13)28-12-24-15-17(28)25-20(23)26-18(15)29/h12-14,16,19,27,30H,11H2,1-10H3,(H3,23,25,26,29)/t13-,14-,16-,19-/m1/s1. The lowest BCUT2D eigenvalue weighted by atomic mass is 10.1. The predicted molar refractivity (Wildman–Crippen MR) is 140 cm³/mol. The number of nitrogens with one attached hydrogen (secondary N) is 2. The Morgan fingerprint density at radius 2 is 1.77 bits per heavy atom. The Bertz CT molecular complexity index is 1100. The van der Waals surface area contributed by atoms with Gasteiger partial charge >= 0.3 is 0 Å². The van der Waals surface area contributed by atoms with Crippen molar-refractivity contribution in [2.24, 2.45) is 0 Å². The largest absolute Gasteiger partial charge is 0.414 e. The molecule has 1 aliphatic rings. The first-order valence-electron chi connectivity index (χ1n) is 12.0. The first-order valence-corrected chi connectivity index (χ1v) is 17.8. The summed E-state index contributed by atoms with van der Waals surface area (Å²) in [6, 6.07) is -0.573. The molecule has 13 heteroatoms. The van der Waals surface area contributed by atoms with Gasteiger partial charge in [0.25, 0.3) is 5.56 Å². The molecule has 0 radical (unpaired) electrons. The Labute approximate surface area is 209 Å². The van der Waals surface area contributed by atoms with Crippen LogP contribution in [0.4, 0.5) is 5.95 Å². The van der Waals surface area contributed by atoms with E-state index in [0.717, 1.165) is 0 Å². The highest BCUT2D eigenvalue weighted by molar-refractivity contribution is 6.74. The fourth-order valence-electron chi connectivity index (χ4n) is 3.54. The number of fused-ring (bicyclic) bond motifs is 1. The summed E-state index contributed by atoms with van der Waals surface area (Å²) in [5.41, 5.74) is 8.28. The van der Waals surface area contributed by atoms with Crippen molar-refractivity contribution < 1.29 is 18.8 Å². The van der Waals surface area contributed by atoms with Gasteiger partial charge in [-0.25, -0.2) is 4.98 Å². The van der Waals surface area contributed by atoms with Crippen LogP contribution in [-0.4, -0.2) is 66.2 Å². The number of hydrogen-bond acceptors (Lipinski definition) is 9. The molecule has 1 saturated heterocycles. The molecule has 1 aliphatic heterocycles. The Balaban J connectivity index is 2.04. The monoisotopic (exact) mass is 526 g/mol. The molecule has 0 aromatic carbocycles. The lowest BCUT2D eigenvalue weighted by molar-refractivity contribution is -0.0458. The third kappa shape index (κ3) is 5.40. The van der Waals surface area contributed by atoms with Gasteiger partial charge in [0, 0.05) is 0 Å². The van der Waals surface area contributed by atoms with E-state index in [-0.39, 0.29) is 28.1 Å². The summed E-state index contributed by atoms with van der Waals surface area (Å²) in [5, 5.41) is 10.2. The number of aromatic nitrogens is 4. The highest BCUT2D eigenvalue weighted by Gasteiger charge is 2.52. The zero-order valence-electron chi connectivity index (χ0n) is 22.6. The van der Waals surface area contributed by atoms with Gasteiger partial charge < -0.3 is 24.5 Å². The molecule has 0 unspecified atom stereocenters. The number of hydrogen-bond donors (Lipinski definition) is 4. The average Bonchev–Trinajstić information content (AvgIpc) is 3.25. The minimum Gasteiger partial charge on any atom is -0.414 e. The Kier molecular flexibility index (Phi) is 7.48. The van der Waals surface area contributed by atoms with E-state index < -0.39 is 46.7 Å². The molecule has 35 heavy (non-hydrogen) atoms. The summed E-state index contributed by atoms with van der Waals surface area (Å²) >= 11 is 0. The summed E-state index contributed by atoms with van der Waals surface area (Å²) in [5.74, 6) is -0.0150. The van der Waals surface area contributed by atoms with Crippen LogP contribution < -0.4 is 16.8 Å². The zero-order chi connectivity index (χ0) is 26.6. The Hall–Kier alpha value is -1.62. The highest BCUT2D eigenvalue weighted by Crippen LogP contribution is 2.43. The van der Waals surface area contributed by atoms with Gasteiger partial charge in [0.1, 0.15) is 12.2 Å². The maximum Gasteiger partial charge on any atom is 0.280 e. The van der Waals surface area contributed by atoms with Gasteiger partial charge in [0.15, 0.2) is 34.0 Å². The van der Waals surface area contributed by atoms with Crippen LogP contribution >= 0.6 is 0 Å². The van der Waals surface area contributed by atoms with Crippen LogP contribution in [0.3, 0.4) is 0 Å². The predicted octanol–water partition coefficient (Wildman–Crippen LogP) is 3.36. The molecule has 3 rings (SSSR count). The van der Waals surface area contributed by atoms with Crippen LogP contribution in [0.15, 0.2) is 11.1 Å². The summed E-state index contributed by atoms with van der Waals surface area (Å²) in [6.45, 7) is 21.9. The molecule has 0 saturated carbocycles. The van der Waals surface area contributed by atoms with Gasteiger partial charge in [-0.05, 0) is 36.3 Å². The number of H-pyrrole nitrogens is 1. The zero-order valence-corrected chi connectivity index (χ0v) is 24.6. The van der Waals surface area contributed by atoms with Crippen LogP contribution in [0, 0.1) is 0 Å². The van der Waals surface area contributed by atoms with E-state index in [1.54, 1.807) is 4.57 Å². The minimum absolute atomic E-state index is 0.0150. The van der Waals surface area contributed by atoms with Gasteiger partial charge in [-0.2, -0.15) is 10.5 Å². The molecular formula is C22H42N6O5Si2. The Morgan fingerprint density at radius 1 is 1.17 bits per heavy atom. The minimum atomic E-state index is -2.30. The van der Waals surface area contributed by atoms with Crippen LogP contribution in [-0.2, 0) is 13.6 Å². The number of imidazole rings is 1. The Morgan fingerprint density at radius 3 is 2.31 bits per heavy atom. The molecule has 0 spiro atoms. The van der Waals surface area contributed by atoms with Gasteiger partial charge in [-0.3, -0.25) is 14.3 Å². The van der Waals surface area contributed by atoms with Crippen molar-refractivity contribution in [2.75, 3.05) is 12.3 Å². The highest BCUT2D eigenvalue weighted by atomic mass is 28.4. The maximum atomic E-state index is 12.4. The number of aromatic amines is 1. The lowest BCUT2D eigenvalue weighted by Crippen LogP contribution is -2.53. The molecule has 0 aliphatic carbocycles. The maximum absolute atomic E-state index is 12.4. The first-order chi connectivity index (χ1) is 15.9. The molecule has 2 aromatic heterocycles. The van der Waals surface area contributed by atoms with Crippen molar-refractivity contribution in [3.63, 3.8) is 0 Å². The average molecular weight is 527 g/mol. The SMILES string of the molecule is CC(C)(C)[Si](C)(C)OC[C@H]1O[C@@H](n2cnc3c(=O)[nH]c(N)nc32)[C@H](O[Si](C)(C)C(C)(C)C)[C@@H]1NO. The van der Waals surface area contributed by atoms with Gasteiger partial charge in [0.05, 0.1) is 19.0 Å². The quantitative estimate of drug-likeness (QED) is 0.314. The molecule has 0 amide bonds. The van der Waals surface area contributed by atoms with Gasteiger partial charge in [-0.15, -0.1) is 0 Å². The summed E-state index contributed by atoms with van der Waals surface area (Å²) in [7, 11) is -4.38. The topological polar surface area (TPSA) is 150 Å². The van der Waals surface area contributed by atoms with E-state index in [2.05, 4.69) is 88.2 Å². The van der Waals surface area contributed by atoms with Crippen molar-refractivity contribution in [2.45, 2.75) is 102 Å². The third-order valence-corrected chi connectivity index (χ3v) is 16.8. The molecule has 198 valence electrons. The van der Waals surface area contributed by atoms with Crippen LogP contribution in [0.1, 0.15) is 47.8 Å². The number of nitrogens with zero attached hydrogens (tertiary/aromatic N) is 3. The number of anilines is 1. The van der Waals surface area contributed by atoms with E-state index in [4.69, 9.17) is 19.3 Å². The fourth-order valence-corrected chi connectivity index (χ4v) is 5.85. The van der Waals surface area contributed by atoms with Crippen LogP contribution in [0.2, 0.25) is 36.3 Å². The second-order valence-electron chi connectivity index (χ2n) is 12.4. The molecule has 2 aromatic rings. The van der Waals surface area contributed by atoms with Crippen molar-refractivity contribution in [1.29, 1.82) is 0 Å². The molecule has 0 bridgehead atoms. The van der Waals surface area contributed by atoms with E-state index in [0.29, 0.717) is 5.65 Å². The van der Waals surface area contributed by atoms with E-state index in [1.807, 2.05) is 0 Å². The molecule has 5 N–H and O–H groups in total. The number of hydroxylamine groups is 1. The second kappa shape index (κ2) is 9.36.